The fourth-order valence-corrected chi connectivity index (χ4v) is 4.72. The molecular formula is C26H29Cl2N3O5. The number of likely N-dealkylation sites (tertiary alicyclic amines) is 1. The van der Waals surface area contributed by atoms with Crippen molar-refractivity contribution in [3.05, 3.63) is 46.4 Å². The molecule has 192 valence electrons. The van der Waals surface area contributed by atoms with Crippen molar-refractivity contribution in [1.29, 1.82) is 0 Å². The first-order valence-electron chi connectivity index (χ1n) is 12.1. The summed E-state index contributed by atoms with van der Waals surface area (Å²) in [5.74, 6) is 0.440. The molecule has 0 bridgehead atoms. The number of ether oxygens (including phenoxy) is 2. The fourth-order valence-electron chi connectivity index (χ4n) is 4.26. The molecule has 0 aliphatic carbocycles. The average Bonchev–Trinajstić information content (AvgIpc) is 2.86. The molecule has 2 aliphatic rings. The Morgan fingerprint density at radius 3 is 2.64 bits per heavy atom. The number of fused-ring (bicyclic) bond motifs is 1. The van der Waals surface area contributed by atoms with Crippen molar-refractivity contribution >= 4 is 52.3 Å². The summed E-state index contributed by atoms with van der Waals surface area (Å²) in [4.78, 5) is 41.5. The minimum atomic E-state index is -0.693. The van der Waals surface area contributed by atoms with Crippen molar-refractivity contribution in [1.82, 2.24) is 4.90 Å². The first kappa shape index (κ1) is 26.1. The summed E-state index contributed by atoms with van der Waals surface area (Å²) in [5.41, 5.74) is 0.990. The molecule has 0 spiro atoms. The number of hydrogen-bond acceptors (Lipinski definition) is 5. The molecule has 4 rings (SSSR count). The number of carbonyl (C=O) groups is 3. The van der Waals surface area contributed by atoms with Crippen molar-refractivity contribution < 1.29 is 23.9 Å². The highest BCUT2D eigenvalue weighted by atomic mass is 35.5. The molecule has 0 radical (unpaired) electrons. The van der Waals surface area contributed by atoms with E-state index in [1.165, 1.54) is 4.90 Å². The van der Waals surface area contributed by atoms with Gasteiger partial charge in [0.1, 0.15) is 18.0 Å². The molecule has 1 saturated heterocycles. The lowest BCUT2D eigenvalue weighted by atomic mass is 10.1. The van der Waals surface area contributed by atoms with Gasteiger partial charge in [-0.15, -0.1) is 0 Å². The van der Waals surface area contributed by atoms with Gasteiger partial charge in [0.05, 0.1) is 17.3 Å². The van der Waals surface area contributed by atoms with E-state index in [4.69, 9.17) is 32.7 Å². The predicted molar refractivity (Wildman–Crippen MR) is 139 cm³/mol. The first-order chi connectivity index (χ1) is 17.3. The van der Waals surface area contributed by atoms with Gasteiger partial charge in [-0.2, -0.15) is 0 Å². The zero-order valence-corrected chi connectivity index (χ0v) is 21.6. The molecule has 2 aliphatic heterocycles. The molecule has 2 aromatic rings. The summed E-state index contributed by atoms with van der Waals surface area (Å²) in [7, 11) is 0. The van der Waals surface area contributed by atoms with Gasteiger partial charge < -0.3 is 19.7 Å². The molecule has 1 fully saturated rings. The second kappa shape index (κ2) is 11.8. The van der Waals surface area contributed by atoms with Gasteiger partial charge >= 0.3 is 0 Å². The summed E-state index contributed by atoms with van der Waals surface area (Å²) in [5, 5.41) is 3.78. The number of carbonyl (C=O) groups excluding carboxylic acids is 3. The van der Waals surface area contributed by atoms with Gasteiger partial charge in [0.15, 0.2) is 6.10 Å². The van der Waals surface area contributed by atoms with E-state index in [1.54, 1.807) is 43.3 Å². The Bertz CT molecular complexity index is 1140. The highest BCUT2D eigenvalue weighted by Gasteiger charge is 2.34. The number of halogens is 2. The van der Waals surface area contributed by atoms with Gasteiger partial charge in [-0.1, -0.05) is 23.2 Å². The summed E-state index contributed by atoms with van der Waals surface area (Å²) in [6.07, 6.45) is 3.08. The molecule has 3 amide bonds. The van der Waals surface area contributed by atoms with Crippen LogP contribution in [0.5, 0.6) is 11.5 Å². The van der Waals surface area contributed by atoms with E-state index in [0.717, 1.165) is 19.3 Å². The molecule has 2 aromatic carbocycles. The van der Waals surface area contributed by atoms with Crippen LogP contribution in [0.2, 0.25) is 10.0 Å². The maximum atomic E-state index is 12.9. The minimum absolute atomic E-state index is 0.0540. The van der Waals surface area contributed by atoms with Crippen molar-refractivity contribution in [2.75, 3.05) is 36.5 Å². The summed E-state index contributed by atoms with van der Waals surface area (Å²) in [6, 6.07) is 10.1. The molecular weight excluding hydrogens is 505 g/mol. The van der Waals surface area contributed by atoms with E-state index in [1.807, 2.05) is 4.90 Å². The van der Waals surface area contributed by atoms with Crippen molar-refractivity contribution in [3.8, 4) is 11.5 Å². The molecule has 36 heavy (non-hydrogen) atoms. The van der Waals surface area contributed by atoms with Crippen LogP contribution in [-0.2, 0) is 14.4 Å². The Hall–Kier alpha value is -2.97. The third-order valence-electron chi connectivity index (χ3n) is 6.15. The number of anilines is 2. The van der Waals surface area contributed by atoms with Gasteiger partial charge in [0, 0.05) is 30.2 Å². The SMILES string of the molecule is CC1Oc2ccc(NC(=O)CCCOc3ccc(Cl)cc3Cl)cc2N(CC(=O)N2CCCCC2)C1=O. The van der Waals surface area contributed by atoms with E-state index < -0.39 is 6.10 Å². The zero-order chi connectivity index (χ0) is 25.7. The maximum Gasteiger partial charge on any atom is 0.268 e. The fraction of sp³-hybridized carbons (Fsp3) is 0.423. The van der Waals surface area contributed by atoms with Gasteiger partial charge in [-0.05, 0) is 69.0 Å². The zero-order valence-electron chi connectivity index (χ0n) is 20.1. The van der Waals surface area contributed by atoms with E-state index in [9.17, 15) is 14.4 Å². The van der Waals surface area contributed by atoms with Crippen LogP contribution < -0.4 is 19.7 Å². The second-order valence-electron chi connectivity index (χ2n) is 8.88. The lowest BCUT2D eigenvalue weighted by molar-refractivity contribution is -0.133. The predicted octanol–water partition coefficient (Wildman–Crippen LogP) is 4.92. The number of amides is 3. The van der Waals surface area contributed by atoms with E-state index in [-0.39, 0.29) is 30.7 Å². The number of nitrogens with zero attached hydrogens (tertiary/aromatic N) is 2. The molecule has 1 atom stereocenters. The van der Waals surface area contributed by atoms with Crippen LogP contribution in [0.4, 0.5) is 11.4 Å². The van der Waals surface area contributed by atoms with Gasteiger partial charge in [-0.25, -0.2) is 0 Å². The lowest BCUT2D eigenvalue weighted by Crippen LogP contribution is -2.50. The van der Waals surface area contributed by atoms with Crippen LogP contribution in [0.25, 0.3) is 0 Å². The van der Waals surface area contributed by atoms with E-state index >= 15 is 0 Å². The Morgan fingerprint density at radius 1 is 1.11 bits per heavy atom. The smallest absolute Gasteiger partial charge is 0.268 e. The van der Waals surface area contributed by atoms with Gasteiger partial charge in [0.25, 0.3) is 5.91 Å². The Labute approximate surface area is 220 Å². The summed E-state index contributed by atoms with van der Waals surface area (Å²) < 4.78 is 11.4. The van der Waals surface area contributed by atoms with Crippen molar-refractivity contribution in [3.63, 3.8) is 0 Å². The number of benzene rings is 2. The first-order valence-corrected chi connectivity index (χ1v) is 12.8. The third-order valence-corrected chi connectivity index (χ3v) is 6.68. The molecule has 1 N–H and O–H groups in total. The Morgan fingerprint density at radius 2 is 1.89 bits per heavy atom. The summed E-state index contributed by atoms with van der Waals surface area (Å²) in [6.45, 7) is 3.35. The standard InChI is InChI=1S/C26H29Cl2N3O5/c1-17-26(34)31(16-25(33)30-11-3-2-4-12-30)21-15-19(8-10-23(21)36-17)29-24(32)6-5-13-35-22-9-7-18(27)14-20(22)28/h7-10,14-15,17H,2-6,11-13,16H2,1H3,(H,29,32). The highest BCUT2D eigenvalue weighted by molar-refractivity contribution is 6.35. The number of nitrogens with one attached hydrogen (secondary N) is 1. The van der Waals surface area contributed by atoms with Gasteiger partial charge in [-0.3, -0.25) is 19.3 Å². The van der Waals surface area contributed by atoms with Crippen LogP contribution in [0, 0.1) is 0 Å². The average molecular weight is 534 g/mol. The molecule has 1 unspecified atom stereocenters. The van der Waals surface area contributed by atoms with Crippen LogP contribution in [0.1, 0.15) is 39.0 Å². The maximum absolute atomic E-state index is 12.9. The van der Waals surface area contributed by atoms with Crippen LogP contribution in [-0.4, -0.2) is 55.0 Å². The monoisotopic (exact) mass is 533 g/mol. The largest absolute Gasteiger partial charge is 0.492 e. The summed E-state index contributed by atoms with van der Waals surface area (Å²) >= 11 is 12.0. The highest BCUT2D eigenvalue weighted by Crippen LogP contribution is 2.36. The van der Waals surface area contributed by atoms with E-state index in [2.05, 4.69) is 5.32 Å². The van der Waals surface area contributed by atoms with Crippen molar-refractivity contribution in [2.45, 2.75) is 45.1 Å². The number of piperidine rings is 1. The lowest BCUT2D eigenvalue weighted by Gasteiger charge is -2.35. The molecule has 2 heterocycles. The topological polar surface area (TPSA) is 88.2 Å². The number of hydrogen-bond donors (Lipinski definition) is 1. The third kappa shape index (κ3) is 6.42. The molecule has 8 nitrogen and oxygen atoms in total. The molecule has 10 heteroatoms. The minimum Gasteiger partial charge on any atom is -0.492 e. The molecule has 0 aromatic heterocycles. The molecule has 0 saturated carbocycles. The Balaban J connectivity index is 1.35. The van der Waals surface area contributed by atoms with Crippen LogP contribution in [0.3, 0.4) is 0 Å². The van der Waals surface area contributed by atoms with Gasteiger partial charge in [0.2, 0.25) is 11.8 Å². The quantitative estimate of drug-likeness (QED) is 0.486. The normalized spacial score (nSPS) is 17.3. The van der Waals surface area contributed by atoms with E-state index in [0.29, 0.717) is 59.0 Å². The Kier molecular flexibility index (Phi) is 8.59. The van der Waals surface area contributed by atoms with Crippen LogP contribution in [0.15, 0.2) is 36.4 Å². The van der Waals surface area contributed by atoms with Crippen LogP contribution >= 0.6 is 23.2 Å². The van der Waals surface area contributed by atoms with Crippen molar-refractivity contribution in [2.24, 2.45) is 0 Å². The second-order valence-corrected chi connectivity index (χ2v) is 9.73. The number of rotatable bonds is 8.